The van der Waals surface area contributed by atoms with Gasteiger partial charge in [-0.2, -0.15) is 0 Å². The van der Waals surface area contributed by atoms with Crippen molar-refractivity contribution in [2.45, 2.75) is 58.5 Å². The van der Waals surface area contributed by atoms with E-state index in [2.05, 4.69) is 31.4 Å². The van der Waals surface area contributed by atoms with Gasteiger partial charge in [0.1, 0.15) is 12.1 Å². The van der Waals surface area contributed by atoms with E-state index < -0.39 is 11.6 Å². The van der Waals surface area contributed by atoms with Crippen LogP contribution in [-0.2, 0) is 9.59 Å². The number of hydrogen-bond acceptors (Lipinski definition) is 3. The molecule has 0 aromatic heterocycles. The van der Waals surface area contributed by atoms with Crippen LogP contribution in [0.3, 0.4) is 0 Å². The molecule has 3 atom stereocenters. The normalized spacial score (nSPS) is 28.1. The second kappa shape index (κ2) is 6.98. The van der Waals surface area contributed by atoms with Crippen LogP contribution in [0.5, 0.6) is 0 Å². The van der Waals surface area contributed by atoms with Gasteiger partial charge >= 0.3 is 6.03 Å². The lowest BCUT2D eigenvalue weighted by molar-refractivity contribution is -0.137. The third kappa shape index (κ3) is 3.99. The van der Waals surface area contributed by atoms with Gasteiger partial charge in [-0.05, 0) is 43.1 Å². The number of carbonyl (C=O) groups excluding carboxylic acids is 3. The van der Waals surface area contributed by atoms with Gasteiger partial charge in [0, 0.05) is 0 Å². The Bertz CT molecular complexity index is 746. The molecule has 1 aromatic rings. The summed E-state index contributed by atoms with van der Waals surface area (Å²) in [5, 5.41) is 5.77. The maximum atomic E-state index is 13.1. The predicted molar refractivity (Wildman–Crippen MR) is 103 cm³/mol. The summed E-state index contributed by atoms with van der Waals surface area (Å²) < 4.78 is 0. The topological polar surface area (TPSA) is 78.5 Å². The van der Waals surface area contributed by atoms with Crippen LogP contribution in [0.25, 0.3) is 0 Å². The number of nitrogens with zero attached hydrogens (tertiary/aromatic N) is 1. The number of urea groups is 1. The van der Waals surface area contributed by atoms with E-state index >= 15 is 0 Å². The molecule has 1 spiro atoms. The molecule has 3 rings (SSSR count). The zero-order valence-corrected chi connectivity index (χ0v) is 16.5. The third-order valence-electron chi connectivity index (χ3n) is 5.60. The molecule has 1 saturated carbocycles. The van der Waals surface area contributed by atoms with Gasteiger partial charge in [0.05, 0.1) is 6.04 Å². The molecule has 2 N–H and O–H groups in total. The van der Waals surface area contributed by atoms with Gasteiger partial charge in [-0.15, -0.1) is 0 Å². The van der Waals surface area contributed by atoms with Crippen molar-refractivity contribution in [2.24, 2.45) is 11.3 Å². The summed E-state index contributed by atoms with van der Waals surface area (Å²) in [6, 6.07) is 8.93. The van der Waals surface area contributed by atoms with E-state index in [-0.39, 0.29) is 29.8 Å². The van der Waals surface area contributed by atoms with Crippen LogP contribution in [0, 0.1) is 11.3 Å². The maximum absolute atomic E-state index is 13.1. The lowest BCUT2D eigenvalue weighted by Gasteiger charge is -2.43. The van der Waals surface area contributed by atoms with Crippen molar-refractivity contribution >= 4 is 17.8 Å². The Morgan fingerprint density at radius 1 is 1.26 bits per heavy atom. The second-order valence-electron chi connectivity index (χ2n) is 8.96. The Balaban J connectivity index is 1.68. The summed E-state index contributed by atoms with van der Waals surface area (Å²) in [6.45, 7) is 7.99. The van der Waals surface area contributed by atoms with Crippen molar-refractivity contribution in [1.82, 2.24) is 15.5 Å². The first-order valence-corrected chi connectivity index (χ1v) is 9.60. The molecule has 4 amide bonds. The Morgan fingerprint density at radius 3 is 2.56 bits per heavy atom. The molecule has 27 heavy (non-hydrogen) atoms. The first-order valence-electron chi connectivity index (χ1n) is 9.60. The average molecular weight is 371 g/mol. The van der Waals surface area contributed by atoms with E-state index in [4.69, 9.17) is 0 Å². The van der Waals surface area contributed by atoms with Gasteiger partial charge in [0.15, 0.2) is 0 Å². The number of nitrogens with one attached hydrogen (secondary N) is 2. The van der Waals surface area contributed by atoms with E-state index in [9.17, 15) is 14.4 Å². The highest BCUT2D eigenvalue weighted by Gasteiger charge is 2.56. The average Bonchev–Trinajstić information content (AvgIpc) is 2.77. The van der Waals surface area contributed by atoms with Gasteiger partial charge < -0.3 is 10.6 Å². The van der Waals surface area contributed by atoms with E-state index in [1.165, 1.54) is 0 Å². The summed E-state index contributed by atoms with van der Waals surface area (Å²) in [7, 11) is 0. The first-order chi connectivity index (χ1) is 12.6. The molecule has 146 valence electrons. The van der Waals surface area contributed by atoms with Crippen molar-refractivity contribution in [1.29, 1.82) is 0 Å². The molecule has 1 aliphatic carbocycles. The van der Waals surface area contributed by atoms with Crippen LogP contribution in [-0.4, -0.2) is 34.8 Å². The second-order valence-corrected chi connectivity index (χ2v) is 8.96. The Labute approximate surface area is 160 Å². The van der Waals surface area contributed by atoms with Crippen LogP contribution < -0.4 is 10.6 Å². The van der Waals surface area contributed by atoms with Crippen molar-refractivity contribution in [3.8, 4) is 0 Å². The summed E-state index contributed by atoms with van der Waals surface area (Å²) in [6.07, 6.45) is 2.25. The quantitative estimate of drug-likeness (QED) is 0.799. The Hall–Kier alpha value is -2.37. The minimum Gasteiger partial charge on any atom is -0.348 e. The van der Waals surface area contributed by atoms with Gasteiger partial charge in [-0.25, -0.2) is 4.79 Å². The molecule has 2 aliphatic rings. The minimum absolute atomic E-state index is 0.0271. The Morgan fingerprint density at radius 2 is 1.93 bits per heavy atom. The van der Waals surface area contributed by atoms with Crippen molar-refractivity contribution in [3.63, 3.8) is 0 Å². The van der Waals surface area contributed by atoms with Crippen molar-refractivity contribution in [2.75, 3.05) is 6.54 Å². The number of carbonyl (C=O) groups is 3. The summed E-state index contributed by atoms with van der Waals surface area (Å²) in [4.78, 5) is 39.1. The first kappa shape index (κ1) is 19.4. The molecule has 1 aliphatic heterocycles. The highest BCUT2D eigenvalue weighted by Crippen LogP contribution is 2.46. The number of benzene rings is 1. The number of hydrogen-bond donors (Lipinski definition) is 2. The third-order valence-corrected chi connectivity index (χ3v) is 5.60. The van der Waals surface area contributed by atoms with Crippen molar-refractivity contribution in [3.05, 3.63) is 35.9 Å². The Kier molecular flexibility index (Phi) is 5.02. The lowest BCUT2D eigenvalue weighted by Crippen LogP contribution is -2.54. The fourth-order valence-electron chi connectivity index (χ4n) is 4.91. The summed E-state index contributed by atoms with van der Waals surface area (Å²) >= 11 is 0. The molecule has 1 saturated heterocycles. The molecule has 0 radical (unpaired) electrons. The fraction of sp³-hybridized carbons (Fsp3) is 0.571. The molecule has 6 heteroatoms. The van der Waals surface area contributed by atoms with Gasteiger partial charge in [-0.1, -0.05) is 51.1 Å². The molecular formula is C21H29N3O3. The summed E-state index contributed by atoms with van der Waals surface area (Å²) in [5.74, 6) is -0.269. The van der Waals surface area contributed by atoms with Crippen LogP contribution in [0.2, 0.25) is 0 Å². The maximum Gasteiger partial charge on any atom is 0.325 e. The van der Waals surface area contributed by atoms with Crippen LogP contribution in [0.4, 0.5) is 4.79 Å². The predicted octanol–water partition coefficient (Wildman–Crippen LogP) is 3.00. The largest absolute Gasteiger partial charge is 0.348 e. The number of imide groups is 1. The smallest absolute Gasteiger partial charge is 0.325 e. The standard InChI is InChI=1S/C21H29N3O3/c1-14-10-20(3,4)13-21(11-14)18(26)24(19(27)23-21)12-17(25)22-15(2)16-8-6-5-7-9-16/h5-9,14-15H,10-13H2,1-4H3,(H,22,25)(H,23,27)/t14-,15-,21+/m1/s1. The monoisotopic (exact) mass is 371 g/mol. The number of amides is 4. The van der Waals surface area contributed by atoms with Gasteiger partial charge in [0.25, 0.3) is 5.91 Å². The summed E-state index contributed by atoms with van der Waals surface area (Å²) in [5.41, 5.74) is 0.0759. The van der Waals surface area contributed by atoms with Crippen LogP contribution >= 0.6 is 0 Å². The molecular weight excluding hydrogens is 342 g/mol. The molecule has 6 nitrogen and oxygen atoms in total. The molecule has 0 unspecified atom stereocenters. The van der Waals surface area contributed by atoms with Gasteiger partial charge in [-0.3, -0.25) is 14.5 Å². The van der Waals surface area contributed by atoms with Crippen molar-refractivity contribution < 1.29 is 14.4 Å². The van der Waals surface area contributed by atoms with Crippen LogP contribution in [0.15, 0.2) is 30.3 Å². The SMILES string of the molecule is C[C@@H]1CC(C)(C)C[C@]2(C1)NC(=O)N(CC(=O)N[C@H](C)c1ccccc1)C2=O. The minimum atomic E-state index is -0.871. The van der Waals surface area contributed by atoms with E-state index in [1.54, 1.807) is 0 Å². The molecule has 2 fully saturated rings. The zero-order valence-electron chi connectivity index (χ0n) is 16.5. The lowest BCUT2D eigenvalue weighted by atomic mass is 9.64. The van der Waals surface area contributed by atoms with Crippen LogP contribution in [0.1, 0.15) is 58.6 Å². The zero-order chi connectivity index (χ0) is 19.8. The number of rotatable bonds is 4. The van der Waals surface area contributed by atoms with E-state index in [0.29, 0.717) is 18.8 Å². The van der Waals surface area contributed by atoms with E-state index in [1.807, 2.05) is 37.3 Å². The molecule has 1 heterocycles. The van der Waals surface area contributed by atoms with E-state index in [0.717, 1.165) is 16.9 Å². The fourth-order valence-corrected chi connectivity index (χ4v) is 4.91. The molecule has 1 aromatic carbocycles. The highest BCUT2D eigenvalue weighted by molar-refractivity contribution is 6.09. The van der Waals surface area contributed by atoms with Gasteiger partial charge in [0.2, 0.25) is 5.91 Å². The highest BCUT2D eigenvalue weighted by atomic mass is 16.2. The molecule has 0 bridgehead atoms.